The summed E-state index contributed by atoms with van der Waals surface area (Å²) in [4.78, 5) is 10.6. The Labute approximate surface area is 77.6 Å². The highest BCUT2D eigenvalue weighted by Crippen LogP contribution is 2.15. The molecule has 4 heteroatoms. The highest BCUT2D eigenvalue weighted by Gasteiger charge is 2.24. The molecule has 2 rings (SSSR count). The fourth-order valence-corrected chi connectivity index (χ4v) is 1.18. The third-order valence-corrected chi connectivity index (χ3v) is 1.98. The minimum Gasteiger partial charge on any atom is -0.373 e. The van der Waals surface area contributed by atoms with Crippen LogP contribution in [0.3, 0.4) is 0 Å². The van der Waals surface area contributed by atoms with Crippen molar-refractivity contribution >= 4 is 12.2 Å². The average molecular weight is 179 g/mol. The van der Waals surface area contributed by atoms with Crippen LogP contribution in [0.15, 0.2) is 22.6 Å². The molecule has 13 heavy (non-hydrogen) atoms. The predicted octanol–water partition coefficient (Wildman–Crippen LogP) is 0.661. The van der Waals surface area contributed by atoms with Gasteiger partial charge in [0, 0.05) is 13.0 Å². The van der Waals surface area contributed by atoms with Gasteiger partial charge in [0.05, 0.1) is 19.0 Å². The van der Waals surface area contributed by atoms with E-state index in [1.807, 2.05) is 17.3 Å². The summed E-state index contributed by atoms with van der Waals surface area (Å²) in [7, 11) is 0. The summed E-state index contributed by atoms with van der Waals surface area (Å²) in [6.07, 6.45) is 4.91. The van der Waals surface area contributed by atoms with E-state index in [4.69, 9.17) is 4.74 Å². The number of hydrogen-bond acceptors (Lipinski definition) is 4. The van der Waals surface area contributed by atoms with Crippen LogP contribution in [0.2, 0.25) is 0 Å². The summed E-state index contributed by atoms with van der Waals surface area (Å²) < 4.78 is 5.10. The molecule has 0 aromatic rings. The van der Waals surface area contributed by atoms with E-state index in [0.29, 0.717) is 12.8 Å². The highest BCUT2D eigenvalue weighted by atomic mass is 16.6. The van der Waals surface area contributed by atoms with E-state index in [0.717, 1.165) is 25.4 Å². The maximum atomic E-state index is 5.10. The predicted molar refractivity (Wildman–Crippen MR) is 52.1 cm³/mol. The second kappa shape index (κ2) is 3.70. The van der Waals surface area contributed by atoms with Gasteiger partial charge in [0.15, 0.2) is 0 Å². The Morgan fingerprint density at radius 2 is 2.62 bits per heavy atom. The Kier molecular flexibility index (Phi) is 2.40. The monoisotopic (exact) mass is 179 g/mol. The number of nitrogens with zero attached hydrogens (tertiary/aromatic N) is 3. The molecule has 0 spiro atoms. The molecule has 2 aliphatic rings. The molecule has 0 radical (unpaired) electrons. The van der Waals surface area contributed by atoms with Crippen LogP contribution in [0, 0.1) is 0 Å². The summed E-state index contributed by atoms with van der Waals surface area (Å²) >= 11 is 0. The second-order valence-electron chi connectivity index (χ2n) is 3.18. The largest absolute Gasteiger partial charge is 0.373 e. The van der Waals surface area contributed by atoms with Crippen molar-refractivity contribution in [3.8, 4) is 0 Å². The molecule has 0 N–H and O–H groups in total. The van der Waals surface area contributed by atoms with E-state index >= 15 is 0 Å². The third kappa shape index (κ3) is 2.39. The minimum absolute atomic E-state index is 0.377. The Balaban J connectivity index is 1.82. The molecule has 0 aromatic heterocycles. The second-order valence-corrected chi connectivity index (χ2v) is 3.18. The van der Waals surface area contributed by atoms with E-state index in [1.54, 1.807) is 0 Å². The average Bonchev–Trinajstić information content (AvgIpc) is 2.93. The Morgan fingerprint density at radius 1 is 1.77 bits per heavy atom. The molecule has 2 aliphatic heterocycles. The van der Waals surface area contributed by atoms with Crippen LogP contribution in [0.4, 0.5) is 0 Å². The van der Waals surface area contributed by atoms with Crippen molar-refractivity contribution < 1.29 is 4.74 Å². The minimum atomic E-state index is 0.377. The summed E-state index contributed by atoms with van der Waals surface area (Å²) in [5, 5.41) is 0. The lowest BCUT2D eigenvalue weighted by atomic mass is 10.3. The van der Waals surface area contributed by atoms with E-state index < -0.39 is 0 Å². The molecule has 1 atom stereocenters. The third-order valence-electron chi connectivity index (χ3n) is 1.98. The van der Waals surface area contributed by atoms with Crippen molar-refractivity contribution in [2.24, 2.45) is 9.98 Å². The van der Waals surface area contributed by atoms with Crippen LogP contribution in [0.25, 0.3) is 0 Å². The lowest BCUT2D eigenvalue weighted by molar-refractivity contribution is 0.412. The normalized spacial score (nSPS) is 25.7. The molecule has 0 aliphatic carbocycles. The molecule has 0 aromatic carbocycles. The topological polar surface area (TPSA) is 40.5 Å². The van der Waals surface area contributed by atoms with Crippen LogP contribution >= 0.6 is 0 Å². The van der Waals surface area contributed by atoms with Gasteiger partial charge < -0.3 is 9.64 Å². The zero-order valence-electron chi connectivity index (χ0n) is 7.52. The number of ether oxygens (including phenoxy) is 1. The van der Waals surface area contributed by atoms with E-state index in [9.17, 15) is 0 Å². The maximum absolute atomic E-state index is 5.10. The van der Waals surface area contributed by atoms with Crippen molar-refractivity contribution in [3.05, 3.63) is 12.7 Å². The van der Waals surface area contributed by atoms with Crippen LogP contribution < -0.4 is 0 Å². The fraction of sp³-hybridized carbons (Fsp3) is 0.556. The summed E-state index contributed by atoms with van der Waals surface area (Å²) in [5.41, 5.74) is 0. The van der Waals surface area contributed by atoms with Gasteiger partial charge in [0.1, 0.15) is 12.5 Å². The smallest absolute Gasteiger partial charge is 0.129 e. The molecule has 1 fully saturated rings. The molecule has 0 bridgehead atoms. The van der Waals surface area contributed by atoms with Gasteiger partial charge in [-0.1, -0.05) is 6.08 Å². The Bertz CT molecular complexity index is 256. The van der Waals surface area contributed by atoms with Crippen LogP contribution in [0.1, 0.15) is 6.42 Å². The SMILES string of the molecule is C=CCN1C=NC(CC2CO2)=NC1. The molecule has 0 saturated carbocycles. The number of epoxide rings is 1. The van der Waals surface area contributed by atoms with Crippen LogP contribution in [-0.4, -0.2) is 43.0 Å². The quantitative estimate of drug-likeness (QED) is 0.470. The van der Waals surface area contributed by atoms with Gasteiger partial charge in [0.25, 0.3) is 0 Å². The fourth-order valence-electron chi connectivity index (χ4n) is 1.18. The first-order valence-electron chi connectivity index (χ1n) is 4.42. The van der Waals surface area contributed by atoms with Gasteiger partial charge in [-0.05, 0) is 0 Å². The van der Waals surface area contributed by atoms with E-state index in [-0.39, 0.29) is 0 Å². The zero-order chi connectivity index (χ0) is 9.10. The Morgan fingerprint density at radius 3 is 3.15 bits per heavy atom. The highest BCUT2D eigenvalue weighted by molar-refractivity contribution is 5.90. The standard InChI is InChI=1S/C9H13N3O/c1-2-3-12-6-10-9(11-7-12)4-8-5-13-8/h2,6,8H,1,3-5,7H2. The number of rotatable bonds is 4. The lowest BCUT2D eigenvalue weighted by Gasteiger charge is -2.18. The molecule has 2 heterocycles. The summed E-state index contributed by atoms with van der Waals surface area (Å²) in [6.45, 7) is 6.02. The van der Waals surface area contributed by atoms with Gasteiger partial charge >= 0.3 is 0 Å². The zero-order valence-corrected chi connectivity index (χ0v) is 7.52. The molecule has 4 nitrogen and oxygen atoms in total. The van der Waals surface area contributed by atoms with Crippen molar-refractivity contribution in [1.82, 2.24) is 4.90 Å². The number of amidine groups is 1. The first kappa shape index (κ1) is 8.44. The molecular formula is C9H13N3O. The summed E-state index contributed by atoms with van der Waals surface area (Å²) in [5.74, 6) is 0.905. The number of hydrogen-bond donors (Lipinski definition) is 0. The number of aliphatic imine (C=N–C) groups is 2. The molecule has 1 unspecified atom stereocenters. The molecular weight excluding hydrogens is 166 g/mol. The van der Waals surface area contributed by atoms with Crippen LogP contribution in [-0.2, 0) is 4.74 Å². The van der Waals surface area contributed by atoms with Crippen molar-refractivity contribution in [2.75, 3.05) is 19.8 Å². The van der Waals surface area contributed by atoms with Gasteiger partial charge in [-0.15, -0.1) is 6.58 Å². The lowest BCUT2D eigenvalue weighted by Crippen LogP contribution is -2.27. The van der Waals surface area contributed by atoms with Gasteiger partial charge in [-0.3, -0.25) is 0 Å². The van der Waals surface area contributed by atoms with E-state index in [2.05, 4.69) is 16.6 Å². The van der Waals surface area contributed by atoms with Gasteiger partial charge in [-0.25, -0.2) is 9.98 Å². The van der Waals surface area contributed by atoms with Crippen molar-refractivity contribution in [3.63, 3.8) is 0 Å². The van der Waals surface area contributed by atoms with Gasteiger partial charge in [-0.2, -0.15) is 0 Å². The first-order chi connectivity index (χ1) is 6.38. The van der Waals surface area contributed by atoms with Crippen molar-refractivity contribution in [2.45, 2.75) is 12.5 Å². The van der Waals surface area contributed by atoms with Crippen molar-refractivity contribution in [1.29, 1.82) is 0 Å². The molecule has 70 valence electrons. The molecule has 1 saturated heterocycles. The van der Waals surface area contributed by atoms with E-state index in [1.165, 1.54) is 0 Å². The summed E-state index contributed by atoms with van der Waals surface area (Å²) in [6, 6.07) is 0. The maximum Gasteiger partial charge on any atom is 0.129 e. The Hall–Kier alpha value is -1.16. The van der Waals surface area contributed by atoms with Crippen LogP contribution in [0.5, 0.6) is 0 Å². The molecule has 0 amide bonds. The first-order valence-corrected chi connectivity index (χ1v) is 4.42. The van der Waals surface area contributed by atoms with Gasteiger partial charge in [0.2, 0.25) is 0 Å².